The normalized spacial score (nSPS) is 18.5. The van der Waals surface area contributed by atoms with Crippen molar-refractivity contribution in [2.75, 3.05) is 0 Å². The molecule has 0 aliphatic heterocycles. The molecule has 1 aliphatic rings. The number of aliphatic hydroxyl groups excluding tert-OH is 1. The lowest BCUT2D eigenvalue weighted by Gasteiger charge is -2.19. The van der Waals surface area contributed by atoms with Gasteiger partial charge in [-0.3, -0.25) is 14.0 Å². The number of hydrogen-bond donors (Lipinski definition) is 1. The Bertz CT molecular complexity index is 1350. The maximum Gasteiger partial charge on any atom is 0.261 e. The smallest absolute Gasteiger partial charge is 0.261 e. The van der Waals surface area contributed by atoms with Crippen LogP contribution in [0.4, 0.5) is 0 Å². The summed E-state index contributed by atoms with van der Waals surface area (Å²) in [6, 6.07) is 10.1. The molecule has 0 amide bonds. The van der Waals surface area contributed by atoms with Crippen molar-refractivity contribution in [1.82, 2.24) is 24.5 Å². The SMILES string of the molecule is Cc1c(Cc2ccc(-c3cn(C)nn3)cc2)cc2c(=O)n(C3CCCC3O)cnc2c1C. The summed E-state index contributed by atoms with van der Waals surface area (Å²) in [5.74, 6) is 0. The zero-order chi connectivity index (χ0) is 22.4. The molecule has 5 rings (SSSR count). The maximum atomic E-state index is 13.3. The molecule has 0 saturated heterocycles. The third-order valence-corrected chi connectivity index (χ3v) is 6.80. The van der Waals surface area contributed by atoms with Crippen LogP contribution in [-0.4, -0.2) is 35.8 Å². The standard InChI is InChI=1S/C25H27N5O2/c1-15-16(2)24-20(25(32)30(14-26-24)22-5-4-6-23(22)31)12-19(15)11-17-7-9-18(10-8-17)21-13-29(3)28-27-21/h7-10,12-14,22-23,31H,4-6,11H2,1-3H3. The molecule has 2 unspecified atom stereocenters. The minimum atomic E-state index is -0.481. The number of aromatic nitrogens is 5. The Morgan fingerprint density at radius 2 is 1.91 bits per heavy atom. The molecule has 1 aliphatic carbocycles. The first-order valence-corrected chi connectivity index (χ1v) is 11.1. The number of hydrogen-bond acceptors (Lipinski definition) is 5. The van der Waals surface area contributed by atoms with Gasteiger partial charge in [0.25, 0.3) is 5.56 Å². The van der Waals surface area contributed by atoms with Crippen LogP contribution in [0.5, 0.6) is 0 Å². The van der Waals surface area contributed by atoms with E-state index in [1.54, 1.807) is 15.6 Å². The molecule has 2 aromatic heterocycles. The van der Waals surface area contributed by atoms with E-state index < -0.39 is 6.10 Å². The van der Waals surface area contributed by atoms with Crippen LogP contribution in [0.2, 0.25) is 0 Å². The Morgan fingerprint density at radius 1 is 1.12 bits per heavy atom. The summed E-state index contributed by atoms with van der Waals surface area (Å²) in [7, 11) is 1.85. The number of benzene rings is 2. The fraction of sp³-hybridized carbons (Fsp3) is 0.360. The first-order valence-electron chi connectivity index (χ1n) is 11.1. The Morgan fingerprint density at radius 3 is 2.56 bits per heavy atom. The van der Waals surface area contributed by atoms with Crippen LogP contribution in [0.15, 0.2) is 47.7 Å². The molecular weight excluding hydrogens is 402 g/mol. The van der Waals surface area contributed by atoms with Gasteiger partial charge in [0.2, 0.25) is 0 Å². The van der Waals surface area contributed by atoms with Crippen molar-refractivity contribution in [2.45, 2.75) is 51.7 Å². The summed E-state index contributed by atoms with van der Waals surface area (Å²) in [6.07, 6.45) is 6.22. The molecule has 1 N–H and O–H groups in total. The van der Waals surface area contributed by atoms with Gasteiger partial charge in [-0.2, -0.15) is 0 Å². The molecule has 32 heavy (non-hydrogen) atoms. The average Bonchev–Trinajstić information content (AvgIpc) is 3.41. The van der Waals surface area contributed by atoms with Crippen LogP contribution in [-0.2, 0) is 13.5 Å². The Labute approximate surface area is 186 Å². The predicted octanol–water partition coefficient (Wildman–Crippen LogP) is 3.49. The highest BCUT2D eigenvalue weighted by atomic mass is 16.3. The van der Waals surface area contributed by atoms with E-state index in [0.29, 0.717) is 5.39 Å². The van der Waals surface area contributed by atoms with Crippen LogP contribution < -0.4 is 5.56 Å². The van der Waals surface area contributed by atoms with E-state index in [9.17, 15) is 9.90 Å². The van der Waals surface area contributed by atoms with E-state index in [2.05, 4.69) is 46.5 Å². The second kappa shape index (κ2) is 7.98. The van der Waals surface area contributed by atoms with Crippen LogP contribution in [0.25, 0.3) is 22.2 Å². The minimum Gasteiger partial charge on any atom is -0.391 e. The van der Waals surface area contributed by atoms with E-state index >= 15 is 0 Å². The largest absolute Gasteiger partial charge is 0.391 e. The summed E-state index contributed by atoms with van der Waals surface area (Å²) >= 11 is 0. The van der Waals surface area contributed by atoms with Crippen LogP contribution in [0.1, 0.15) is 47.6 Å². The van der Waals surface area contributed by atoms with E-state index in [-0.39, 0.29) is 11.6 Å². The van der Waals surface area contributed by atoms with E-state index in [4.69, 9.17) is 0 Å². The van der Waals surface area contributed by atoms with Gasteiger partial charge in [0.1, 0.15) is 5.69 Å². The first kappa shape index (κ1) is 20.6. The lowest BCUT2D eigenvalue weighted by atomic mass is 9.94. The Hall–Kier alpha value is -3.32. The average molecular weight is 430 g/mol. The molecule has 0 radical (unpaired) electrons. The highest BCUT2D eigenvalue weighted by molar-refractivity contribution is 5.83. The number of nitrogens with zero attached hydrogens (tertiary/aromatic N) is 5. The highest BCUT2D eigenvalue weighted by Crippen LogP contribution is 2.30. The summed E-state index contributed by atoms with van der Waals surface area (Å²) in [5, 5.41) is 19.1. The fourth-order valence-electron chi connectivity index (χ4n) is 4.77. The lowest BCUT2D eigenvalue weighted by molar-refractivity contribution is 0.134. The van der Waals surface area contributed by atoms with Gasteiger partial charge < -0.3 is 5.11 Å². The molecule has 164 valence electrons. The number of aryl methyl sites for hydroxylation is 2. The van der Waals surface area contributed by atoms with Crippen molar-refractivity contribution in [3.05, 3.63) is 75.5 Å². The zero-order valence-corrected chi connectivity index (χ0v) is 18.6. The van der Waals surface area contributed by atoms with Gasteiger partial charge in [-0.1, -0.05) is 29.5 Å². The van der Waals surface area contributed by atoms with Crippen molar-refractivity contribution in [3.8, 4) is 11.3 Å². The van der Waals surface area contributed by atoms with Gasteiger partial charge in [-0.15, -0.1) is 5.10 Å². The molecule has 0 spiro atoms. The van der Waals surface area contributed by atoms with Gasteiger partial charge in [0, 0.05) is 12.6 Å². The summed E-state index contributed by atoms with van der Waals surface area (Å²) in [6.45, 7) is 4.12. The second-order valence-electron chi connectivity index (χ2n) is 8.86. The van der Waals surface area contributed by atoms with Crippen molar-refractivity contribution < 1.29 is 5.11 Å². The van der Waals surface area contributed by atoms with Crippen LogP contribution in [0, 0.1) is 13.8 Å². The molecule has 1 saturated carbocycles. The van der Waals surface area contributed by atoms with Crippen LogP contribution in [0.3, 0.4) is 0 Å². The number of aliphatic hydroxyl groups is 1. The quantitative estimate of drug-likeness (QED) is 0.537. The van der Waals surface area contributed by atoms with Crippen molar-refractivity contribution in [1.29, 1.82) is 0 Å². The molecule has 7 nitrogen and oxygen atoms in total. The van der Waals surface area contributed by atoms with Crippen molar-refractivity contribution in [2.24, 2.45) is 7.05 Å². The molecule has 0 bridgehead atoms. The van der Waals surface area contributed by atoms with Crippen molar-refractivity contribution in [3.63, 3.8) is 0 Å². The third-order valence-electron chi connectivity index (χ3n) is 6.80. The molecule has 2 atom stereocenters. The molecule has 4 aromatic rings. The van der Waals surface area contributed by atoms with Gasteiger partial charge >= 0.3 is 0 Å². The molecule has 2 aromatic carbocycles. The van der Waals surface area contributed by atoms with E-state index in [1.165, 1.54) is 0 Å². The lowest BCUT2D eigenvalue weighted by Crippen LogP contribution is -2.29. The summed E-state index contributed by atoms with van der Waals surface area (Å²) in [5.41, 5.74) is 7.01. The predicted molar refractivity (Wildman–Crippen MR) is 124 cm³/mol. The monoisotopic (exact) mass is 429 g/mol. The Kier molecular flexibility index (Phi) is 5.13. The maximum absolute atomic E-state index is 13.3. The van der Waals surface area contributed by atoms with E-state index in [1.807, 2.05) is 26.2 Å². The summed E-state index contributed by atoms with van der Waals surface area (Å²) in [4.78, 5) is 17.9. The number of fused-ring (bicyclic) bond motifs is 1. The van der Waals surface area contributed by atoms with Gasteiger partial charge in [0.15, 0.2) is 0 Å². The summed E-state index contributed by atoms with van der Waals surface area (Å²) < 4.78 is 3.32. The van der Waals surface area contributed by atoms with E-state index in [0.717, 1.165) is 64.7 Å². The molecule has 2 heterocycles. The molecule has 1 fully saturated rings. The number of rotatable bonds is 4. The fourth-order valence-corrected chi connectivity index (χ4v) is 4.77. The highest BCUT2D eigenvalue weighted by Gasteiger charge is 2.28. The topological polar surface area (TPSA) is 85.8 Å². The second-order valence-corrected chi connectivity index (χ2v) is 8.86. The molecular formula is C25H27N5O2. The third kappa shape index (κ3) is 3.52. The Balaban J connectivity index is 1.51. The van der Waals surface area contributed by atoms with Crippen molar-refractivity contribution >= 4 is 10.9 Å². The zero-order valence-electron chi connectivity index (χ0n) is 18.6. The first-order chi connectivity index (χ1) is 15.4. The van der Waals surface area contributed by atoms with Gasteiger partial charge in [-0.05, 0) is 67.9 Å². The molecule has 7 heteroatoms. The van der Waals surface area contributed by atoms with Crippen LogP contribution >= 0.6 is 0 Å². The van der Waals surface area contributed by atoms with Gasteiger partial charge in [0.05, 0.1) is 35.6 Å². The minimum absolute atomic E-state index is 0.0664. The van der Waals surface area contributed by atoms with Gasteiger partial charge in [-0.25, -0.2) is 4.98 Å².